The van der Waals surface area contributed by atoms with Gasteiger partial charge in [-0.15, -0.1) is 0 Å². The van der Waals surface area contributed by atoms with Crippen LogP contribution in [0.4, 0.5) is 0 Å². The van der Waals surface area contributed by atoms with Gasteiger partial charge in [0, 0.05) is 17.8 Å². The first kappa shape index (κ1) is 14.3. The van der Waals surface area contributed by atoms with Crippen molar-refractivity contribution in [1.82, 2.24) is 4.57 Å². The van der Waals surface area contributed by atoms with Crippen LogP contribution in [0.25, 0.3) is 0 Å². The molecular formula is C17H19NO2. The van der Waals surface area contributed by atoms with Gasteiger partial charge in [-0.05, 0) is 30.0 Å². The second kappa shape index (κ2) is 5.87. The van der Waals surface area contributed by atoms with Crippen LogP contribution in [0.15, 0.2) is 47.4 Å². The Bertz CT molecular complexity index is 666. The summed E-state index contributed by atoms with van der Waals surface area (Å²) in [5.41, 5.74) is 2.60. The maximum Gasteiger partial charge on any atom is 0.251 e. The highest BCUT2D eigenvalue weighted by Crippen LogP contribution is 2.15. The van der Waals surface area contributed by atoms with E-state index in [0.29, 0.717) is 11.5 Å². The number of hydrogen-bond acceptors (Lipinski definition) is 2. The molecule has 0 saturated heterocycles. The second-order valence-corrected chi connectivity index (χ2v) is 5.37. The lowest BCUT2D eigenvalue weighted by atomic mass is 10.0. The van der Waals surface area contributed by atoms with Gasteiger partial charge in [0.25, 0.3) is 5.56 Å². The highest BCUT2D eigenvalue weighted by Gasteiger charge is 2.08. The highest BCUT2D eigenvalue weighted by molar-refractivity contribution is 5.95. The first-order valence-corrected chi connectivity index (χ1v) is 6.77. The molecule has 0 saturated carbocycles. The average molecular weight is 269 g/mol. The molecule has 0 unspecified atom stereocenters. The average Bonchev–Trinajstić information content (AvgIpc) is 2.42. The Labute approximate surface area is 118 Å². The maximum absolute atomic E-state index is 12.2. The number of nitrogens with zero attached hydrogens (tertiary/aromatic N) is 1. The first-order valence-electron chi connectivity index (χ1n) is 6.77. The van der Waals surface area contributed by atoms with E-state index in [1.54, 1.807) is 6.20 Å². The van der Waals surface area contributed by atoms with Gasteiger partial charge >= 0.3 is 0 Å². The minimum Gasteiger partial charge on any atom is -0.308 e. The fraction of sp³-hybridized carbons (Fsp3) is 0.294. The number of pyridine rings is 1. The minimum atomic E-state index is -0.142. The van der Waals surface area contributed by atoms with Gasteiger partial charge in [-0.1, -0.05) is 38.1 Å². The number of aromatic nitrogens is 1. The molecule has 20 heavy (non-hydrogen) atoms. The molecule has 0 spiro atoms. The third-order valence-electron chi connectivity index (χ3n) is 3.36. The van der Waals surface area contributed by atoms with Crippen molar-refractivity contribution < 1.29 is 4.79 Å². The van der Waals surface area contributed by atoms with Crippen molar-refractivity contribution in [3.05, 3.63) is 69.6 Å². The van der Waals surface area contributed by atoms with Crippen LogP contribution in [0.2, 0.25) is 0 Å². The van der Waals surface area contributed by atoms with E-state index in [4.69, 9.17) is 0 Å². The molecule has 0 amide bonds. The van der Waals surface area contributed by atoms with Crippen molar-refractivity contribution in [2.45, 2.75) is 33.2 Å². The summed E-state index contributed by atoms with van der Waals surface area (Å²) >= 11 is 0. The molecule has 0 aliphatic heterocycles. The van der Waals surface area contributed by atoms with Crippen LogP contribution in [-0.4, -0.2) is 10.4 Å². The van der Waals surface area contributed by atoms with E-state index in [1.807, 2.05) is 37.3 Å². The minimum absolute atomic E-state index is 0.0498. The molecule has 104 valence electrons. The van der Waals surface area contributed by atoms with Gasteiger partial charge < -0.3 is 4.57 Å². The largest absolute Gasteiger partial charge is 0.308 e. The van der Waals surface area contributed by atoms with Crippen LogP contribution in [0.1, 0.15) is 41.3 Å². The summed E-state index contributed by atoms with van der Waals surface area (Å²) < 4.78 is 1.44. The molecule has 0 fully saturated rings. The van der Waals surface area contributed by atoms with E-state index < -0.39 is 0 Å². The molecule has 0 aliphatic carbocycles. The lowest BCUT2D eigenvalue weighted by molar-refractivity contribution is 0.0971. The molecule has 3 heteroatoms. The number of carbonyl (C=O) groups excluding carboxylic acids is 1. The van der Waals surface area contributed by atoms with Gasteiger partial charge in [-0.3, -0.25) is 9.59 Å². The van der Waals surface area contributed by atoms with Crippen LogP contribution in [0, 0.1) is 6.92 Å². The third kappa shape index (κ3) is 3.23. The van der Waals surface area contributed by atoms with Crippen molar-refractivity contribution in [3.8, 4) is 0 Å². The fourth-order valence-corrected chi connectivity index (χ4v) is 2.04. The number of ketones is 1. The highest BCUT2D eigenvalue weighted by atomic mass is 16.1. The summed E-state index contributed by atoms with van der Waals surface area (Å²) in [6.45, 7) is 6.17. The van der Waals surface area contributed by atoms with E-state index in [2.05, 4.69) is 13.8 Å². The third-order valence-corrected chi connectivity index (χ3v) is 3.36. The number of aryl methyl sites for hydroxylation is 1. The molecule has 0 N–H and O–H groups in total. The quantitative estimate of drug-likeness (QED) is 0.800. The van der Waals surface area contributed by atoms with Gasteiger partial charge in [0.1, 0.15) is 0 Å². The number of carbonyl (C=O) groups is 1. The lowest BCUT2D eigenvalue weighted by Crippen LogP contribution is -2.23. The lowest BCUT2D eigenvalue weighted by Gasteiger charge is -2.08. The van der Waals surface area contributed by atoms with Gasteiger partial charge in [0.15, 0.2) is 5.78 Å². The van der Waals surface area contributed by atoms with E-state index in [-0.39, 0.29) is 17.9 Å². The number of benzene rings is 1. The molecular weight excluding hydrogens is 250 g/mol. The molecule has 0 radical (unpaired) electrons. The van der Waals surface area contributed by atoms with E-state index >= 15 is 0 Å². The molecule has 0 aliphatic rings. The summed E-state index contributed by atoms with van der Waals surface area (Å²) in [5.74, 6) is 0.394. The smallest absolute Gasteiger partial charge is 0.251 e. The Morgan fingerprint density at radius 2 is 1.80 bits per heavy atom. The molecule has 0 atom stereocenters. The number of Topliss-reactive ketones (excluding diaryl/α,β-unsaturated/α-hetero) is 1. The monoisotopic (exact) mass is 269 g/mol. The molecule has 2 aromatic rings. The zero-order valence-electron chi connectivity index (χ0n) is 12.1. The van der Waals surface area contributed by atoms with Crippen molar-refractivity contribution in [1.29, 1.82) is 0 Å². The predicted octanol–water partition coefficient (Wildman–Crippen LogP) is 3.16. The molecule has 2 rings (SSSR count). The van der Waals surface area contributed by atoms with Crippen LogP contribution >= 0.6 is 0 Å². The van der Waals surface area contributed by atoms with Crippen molar-refractivity contribution >= 4 is 5.78 Å². The van der Waals surface area contributed by atoms with Crippen LogP contribution < -0.4 is 5.56 Å². The van der Waals surface area contributed by atoms with Crippen molar-refractivity contribution in [3.63, 3.8) is 0 Å². The van der Waals surface area contributed by atoms with Crippen molar-refractivity contribution in [2.24, 2.45) is 0 Å². The summed E-state index contributed by atoms with van der Waals surface area (Å²) in [4.78, 5) is 23.9. The Hall–Kier alpha value is -2.16. The first-order chi connectivity index (χ1) is 9.47. The molecule has 3 nitrogen and oxygen atoms in total. The SMILES string of the molecule is Cc1ccn(CC(=O)c2ccc(C(C)C)cc2)c(=O)c1. The molecule has 0 bridgehead atoms. The predicted molar refractivity (Wildman–Crippen MR) is 80.3 cm³/mol. The van der Waals surface area contributed by atoms with E-state index in [9.17, 15) is 9.59 Å². The number of rotatable bonds is 4. The Morgan fingerprint density at radius 1 is 1.15 bits per heavy atom. The molecule has 1 aromatic heterocycles. The summed E-state index contributed by atoms with van der Waals surface area (Å²) in [6.07, 6.45) is 1.66. The standard InChI is InChI=1S/C17H19NO2/c1-12(2)14-4-6-15(7-5-14)16(19)11-18-9-8-13(3)10-17(18)20/h4-10,12H,11H2,1-3H3. The summed E-state index contributed by atoms with van der Waals surface area (Å²) in [5, 5.41) is 0. The molecule has 1 aromatic carbocycles. The topological polar surface area (TPSA) is 39.1 Å². The zero-order chi connectivity index (χ0) is 14.7. The van der Waals surface area contributed by atoms with Crippen LogP contribution in [-0.2, 0) is 6.54 Å². The van der Waals surface area contributed by atoms with E-state index in [1.165, 1.54) is 16.2 Å². The Kier molecular flexibility index (Phi) is 4.18. The maximum atomic E-state index is 12.2. The zero-order valence-corrected chi connectivity index (χ0v) is 12.1. The van der Waals surface area contributed by atoms with Gasteiger partial charge in [0.2, 0.25) is 0 Å². The Balaban J connectivity index is 2.17. The van der Waals surface area contributed by atoms with Gasteiger partial charge in [0.05, 0.1) is 6.54 Å². The summed E-state index contributed by atoms with van der Waals surface area (Å²) in [7, 11) is 0. The van der Waals surface area contributed by atoms with Gasteiger partial charge in [-0.2, -0.15) is 0 Å². The molecule has 1 heterocycles. The van der Waals surface area contributed by atoms with Crippen LogP contribution in [0.5, 0.6) is 0 Å². The summed E-state index contributed by atoms with van der Waals surface area (Å²) in [6, 6.07) is 11.0. The van der Waals surface area contributed by atoms with Crippen LogP contribution in [0.3, 0.4) is 0 Å². The van der Waals surface area contributed by atoms with Gasteiger partial charge in [-0.25, -0.2) is 0 Å². The fourth-order valence-electron chi connectivity index (χ4n) is 2.04. The van der Waals surface area contributed by atoms with Crippen molar-refractivity contribution in [2.75, 3.05) is 0 Å². The Morgan fingerprint density at radius 3 is 2.35 bits per heavy atom. The van der Waals surface area contributed by atoms with E-state index in [0.717, 1.165) is 5.56 Å². The normalized spacial score (nSPS) is 10.8. The second-order valence-electron chi connectivity index (χ2n) is 5.37. The number of hydrogen-bond donors (Lipinski definition) is 0.